The topological polar surface area (TPSA) is 113 Å². The van der Waals surface area contributed by atoms with Crippen molar-refractivity contribution in [2.45, 2.75) is 0 Å². The van der Waals surface area contributed by atoms with E-state index in [-0.39, 0.29) is 16.3 Å². The fourth-order valence-corrected chi connectivity index (χ4v) is 5.28. The molecule has 1 saturated heterocycles. The summed E-state index contributed by atoms with van der Waals surface area (Å²) < 4.78 is 33.5. The number of benzene rings is 2. The van der Waals surface area contributed by atoms with Crippen LogP contribution in [0, 0.1) is 0 Å². The molecule has 1 fully saturated rings. The molecule has 0 saturated carbocycles. The van der Waals surface area contributed by atoms with Gasteiger partial charge in [-0.05, 0) is 24.3 Å². The van der Waals surface area contributed by atoms with Gasteiger partial charge in [0.15, 0.2) is 0 Å². The van der Waals surface area contributed by atoms with Gasteiger partial charge in [-0.3, -0.25) is 14.5 Å². The molecule has 0 atom stereocenters. The van der Waals surface area contributed by atoms with Crippen LogP contribution >= 0.6 is 11.6 Å². The number of hydrogen-bond acceptors (Lipinski definition) is 6. The van der Waals surface area contributed by atoms with Crippen molar-refractivity contribution in [2.24, 2.45) is 0 Å². The van der Waals surface area contributed by atoms with Gasteiger partial charge < -0.3 is 15.4 Å². The van der Waals surface area contributed by atoms with E-state index in [0.717, 1.165) is 21.4 Å². The zero-order valence-corrected chi connectivity index (χ0v) is 22.8. The van der Waals surface area contributed by atoms with Gasteiger partial charge in [0, 0.05) is 57.4 Å². The maximum Gasteiger partial charge on any atom is 0.307 e. The van der Waals surface area contributed by atoms with Gasteiger partial charge in [0.25, 0.3) is 11.8 Å². The fourth-order valence-electron chi connectivity index (χ4n) is 4.05. The normalized spacial score (nSPS) is 15.1. The Morgan fingerprint density at radius 2 is 1.76 bits per heavy atom. The van der Waals surface area contributed by atoms with Gasteiger partial charge in [0.05, 0.1) is 29.3 Å². The summed E-state index contributed by atoms with van der Waals surface area (Å²) >= 11 is 6.20. The molecule has 0 aliphatic carbocycles. The van der Waals surface area contributed by atoms with E-state index in [1.54, 1.807) is 48.5 Å². The first-order valence-electron chi connectivity index (χ1n) is 12.1. The predicted octanol–water partition coefficient (Wildman–Crippen LogP) is 2.17. The number of nitrogens with zero attached hydrogens (tertiary/aromatic N) is 3. The third-order valence-corrected chi connectivity index (χ3v) is 8.20. The number of aromatic nitrogens is 1. The molecule has 12 heteroatoms. The Morgan fingerprint density at radius 1 is 1.08 bits per heavy atom. The lowest BCUT2D eigenvalue weighted by Gasteiger charge is -2.26. The number of hydrogen-bond donors (Lipinski definition) is 2. The van der Waals surface area contributed by atoms with Crippen LogP contribution in [0.15, 0.2) is 60.4 Å². The average Bonchev–Trinajstić information content (AvgIpc) is 3.28. The molecule has 10 nitrogen and oxygen atoms in total. The highest BCUT2D eigenvalue weighted by atomic mass is 35.5. The second-order valence-corrected chi connectivity index (χ2v) is 11.3. The van der Waals surface area contributed by atoms with Gasteiger partial charge in [-0.1, -0.05) is 41.9 Å². The van der Waals surface area contributed by atoms with E-state index in [9.17, 15) is 18.0 Å². The molecule has 4 rings (SSSR count). The molecule has 1 aliphatic heterocycles. The molecule has 2 N–H and O–H groups in total. The van der Waals surface area contributed by atoms with E-state index in [2.05, 4.69) is 15.5 Å². The maximum atomic E-state index is 13.3. The summed E-state index contributed by atoms with van der Waals surface area (Å²) in [5, 5.41) is 6.37. The van der Waals surface area contributed by atoms with Crippen molar-refractivity contribution >= 4 is 50.6 Å². The van der Waals surface area contributed by atoms with Gasteiger partial charge >= 0.3 is 10.2 Å². The Hall–Kier alpha value is -3.22. The van der Waals surface area contributed by atoms with Crippen LogP contribution in [0.4, 0.5) is 0 Å². The minimum atomic E-state index is -3.84. The van der Waals surface area contributed by atoms with Gasteiger partial charge in [-0.25, -0.2) is 3.97 Å². The second-order valence-electron chi connectivity index (χ2n) is 8.89. The van der Waals surface area contributed by atoms with Crippen molar-refractivity contribution in [2.75, 3.05) is 53.5 Å². The Bertz CT molecular complexity index is 1460. The highest BCUT2D eigenvalue weighted by molar-refractivity contribution is 7.87. The van der Waals surface area contributed by atoms with Crippen LogP contribution in [0.25, 0.3) is 17.0 Å². The molecule has 2 aromatic carbocycles. The van der Waals surface area contributed by atoms with Crippen molar-refractivity contribution in [1.29, 1.82) is 0 Å². The lowest BCUT2D eigenvalue weighted by molar-refractivity contribution is -0.117. The molecule has 3 aromatic rings. The molecule has 2 amide bonds. The smallest absolute Gasteiger partial charge is 0.307 e. The minimum absolute atomic E-state index is 0.0398. The first-order valence-corrected chi connectivity index (χ1v) is 13.8. The Labute approximate surface area is 227 Å². The molecular weight excluding hydrogens is 530 g/mol. The summed E-state index contributed by atoms with van der Waals surface area (Å²) in [5.41, 5.74) is 1.06. The molecule has 0 unspecified atom stereocenters. The molecule has 38 heavy (non-hydrogen) atoms. The van der Waals surface area contributed by atoms with E-state index >= 15 is 0 Å². The van der Waals surface area contributed by atoms with Crippen LogP contribution < -0.4 is 10.6 Å². The highest BCUT2D eigenvalue weighted by Gasteiger charge is 2.22. The minimum Gasteiger partial charge on any atom is -0.379 e. The molecule has 0 radical (unpaired) electrons. The first-order chi connectivity index (χ1) is 18.2. The number of amides is 2. The van der Waals surface area contributed by atoms with Gasteiger partial charge in [0.1, 0.15) is 5.70 Å². The van der Waals surface area contributed by atoms with Crippen molar-refractivity contribution in [1.82, 2.24) is 23.8 Å². The molecule has 1 aliphatic rings. The summed E-state index contributed by atoms with van der Waals surface area (Å²) in [6.07, 6.45) is 2.91. The third kappa shape index (κ3) is 6.25. The van der Waals surface area contributed by atoms with E-state index in [1.165, 1.54) is 26.4 Å². The molecular formula is C26H30ClN5O5S. The van der Waals surface area contributed by atoms with Gasteiger partial charge in [-0.2, -0.15) is 12.7 Å². The Balaban J connectivity index is 1.68. The first kappa shape index (κ1) is 27.8. The van der Waals surface area contributed by atoms with Crippen LogP contribution in [-0.2, 0) is 19.7 Å². The van der Waals surface area contributed by atoms with Gasteiger partial charge in [0.2, 0.25) is 0 Å². The summed E-state index contributed by atoms with van der Waals surface area (Å²) in [6, 6.07) is 13.5. The summed E-state index contributed by atoms with van der Waals surface area (Å²) in [5.74, 6) is -1.07. The predicted molar refractivity (Wildman–Crippen MR) is 147 cm³/mol. The summed E-state index contributed by atoms with van der Waals surface area (Å²) in [6.45, 7) is 3.83. The fraction of sp³-hybridized carbons (Fsp3) is 0.308. The second kappa shape index (κ2) is 12.1. The number of carbonyl (C=O) groups is 2. The number of rotatable bonds is 9. The number of para-hydroxylation sites is 1. The molecule has 202 valence electrons. The van der Waals surface area contributed by atoms with Crippen LogP contribution in [0.2, 0.25) is 5.02 Å². The standard InChI is InChI=1S/C26H30ClN5O5S/c1-30(2)38(35,36)32-18-19(20-7-4-6-10-24(20)32)17-23(29-25(33)21-8-3-5-9-22(21)27)26(34)28-11-12-31-13-15-37-16-14-31/h3-10,17-18H,11-16H2,1-2H3,(H,28,34)(H,29,33). The molecule has 0 spiro atoms. The monoisotopic (exact) mass is 559 g/mol. The van der Waals surface area contributed by atoms with E-state index in [1.807, 2.05) is 0 Å². The maximum absolute atomic E-state index is 13.3. The van der Waals surface area contributed by atoms with Crippen molar-refractivity contribution in [3.05, 3.63) is 76.6 Å². The summed E-state index contributed by atoms with van der Waals surface area (Å²) in [7, 11) is -0.955. The average molecular weight is 560 g/mol. The Kier molecular flexibility index (Phi) is 8.85. The lowest BCUT2D eigenvalue weighted by Crippen LogP contribution is -2.42. The highest BCUT2D eigenvalue weighted by Crippen LogP contribution is 2.26. The number of carbonyl (C=O) groups excluding carboxylic acids is 2. The van der Waals surface area contributed by atoms with Crippen LogP contribution in [0.5, 0.6) is 0 Å². The molecule has 0 bridgehead atoms. The third-order valence-electron chi connectivity index (χ3n) is 6.15. The van der Waals surface area contributed by atoms with E-state index < -0.39 is 22.0 Å². The van der Waals surface area contributed by atoms with Crippen LogP contribution in [0.3, 0.4) is 0 Å². The quantitative estimate of drug-likeness (QED) is 0.389. The van der Waals surface area contributed by atoms with Crippen LogP contribution in [0.1, 0.15) is 15.9 Å². The molecule has 2 heterocycles. The van der Waals surface area contributed by atoms with Crippen LogP contribution in [-0.4, -0.2) is 86.9 Å². The van der Waals surface area contributed by atoms with Crippen molar-refractivity contribution in [3.63, 3.8) is 0 Å². The van der Waals surface area contributed by atoms with Crippen molar-refractivity contribution in [3.8, 4) is 0 Å². The largest absolute Gasteiger partial charge is 0.379 e. The lowest BCUT2D eigenvalue weighted by atomic mass is 10.1. The van der Waals surface area contributed by atoms with Gasteiger partial charge in [-0.15, -0.1) is 0 Å². The summed E-state index contributed by atoms with van der Waals surface area (Å²) in [4.78, 5) is 28.5. The molecule has 1 aromatic heterocycles. The number of halogens is 1. The number of fused-ring (bicyclic) bond motifs is 1. The van der Waals surface area contributed by atoms with E-state index in [4.69, 9.17) is 16.3 Å². The van der Waals surface area contributed by atoms with E-state index in [0.29, 0.717) is 42.8 Å². The SMILES string of the molecule is CN(C)S(=O)(=O)n1cc(C=C(NC(=O)c2ccccc2Cl)C(=O)NCCN2CCOCC2)c2ccccc21. The number of ether oxygens (including phenoxy) is 1. The number of morpholine rings is 1. The zero-order valence-electron chi connectivity index (χ0n) is 21.2. The number of nitrogens with one attached hydrogen (secondary N) is 2. The Morgan fingerprint density at radius 3 is 2.47 bits per heavy atom. The zero-order chi connectivity index (χ0) is 27.3. The van der Waals surface area contributed by atoms with Crippen molar-refractivity contribution < 1.29 is 22.7 Å².